The highest BCUT2D eigenvalue weighted by molar-refractivity contribution is 5.75. The van der Waals surface area contributed by atoms with Crippen molar-refractivity contribution in [3.8, 4) is 0 Å². The van der Waals surface area contributed by atoms with Crippen LogP contribution in [0.4, 0.5) is 4.79 Å². The van der Waals surface area contributed by atoms with Crippen LogP contribution in [-0.2, 0) is 4.79 Å². The first kappa shape index (κ1) is 16.8. The lowest BCUT2D eigenvalue weighted by Crippen LogP contribution is -2.44. The third kappa shape index (κ3) is 6.23. The van der Waals surface area contributed by atoms with Crippen molar-refractivity contribution in [2.24, 2.45) is 11.8 Å². The van der Waals surface area contributed by atoms with Crippen molar-refractivity contribution in [1.82, 2.24) is 10.2 Å². The van der Waals surface area contributed by atoms with Crippen LogP contribution >= 0.6 is 0 Å². The Morgan fingerprint density at radius 2 is 2.00 bits per heavy atom. The lowest BCUT2D eigenvalue weighted by molar-refractivity contribution is -0.138. The number of aliphatic hydroxyl groups excluding tert-OH is 1. The minimum atomic E-state index is -0.834. The third-order valence-electron chi connectivity index (χ3n) is 3.40. The van der Waals surface area contributed by atoms with E-state index in [0.29, 0.717) is 19.0 Å². The Bertz CT molecular complexity index is 329. The van der Waals surface area contributed by atoms with Gasteiger partial charge in [-0.3, -0.25) is 4.79 Å². The summed E-state index contributed by atoms with van der Waals surface area (Å²) in [4.78, 5) is 24.5. The molecule has 1 atom stereocenters. The molecule has 0 aromatic carbocycles. The number of carbonyl (C=O) groups excluding carboxylic acids is 1. The van der Waals surface area contributed by atoms with E-state index in [1.807, 2.05) is 13.8 Å². The number of hydrogen-bond donors (Lipinski definition) is 3. The summed E-state index contributed by atoms with van der Waals surface area (Å²) in [6.45, 7) is 4.74. The molecule has 1 fully saturated rings. The monoisotopic (exact) mass is 286 g/mol. The van der Waals surface area contributed by atoms with Gasteiger partial charge in [-0.1, -0.05) is 13.8 Å². The first-order chi connectivity index (χ1) is 9.43. The Hall–Kier alpha value is -1.30. The van der Waals surface area contributed by atoms with Crippen LogP contribution in [0.3, 0.4) is 0 Å². The number of urea groups is 1. The number of rotatable bonds is 9. The number of hydrogen-bond acceptors (Lipinski definition) is 3. The maximum Gasteiger partial charge on any atom is 0.317 e. The second-order valence-electron chi connectivity index (χ2n) is 5.93. The van der Waals surface area contributed by atoms with E-state index in [-0.39, 0.29) is 31.0 Å². The molecule has 0 aliphatic heterocycles. The lowest BCUT2D eigenvalue weighted by atomic mass is 9.94. The third-order valence-corrected chi connectivity index (χ3v) is 3.40. The quantitative estimate of drug-likeness (QED) is 0.596. The first-order valence-corrected chi connectivity index (χ1v) is 7.31. The summed E-state index contributed by atoms with van der Waals surface area (Å²) in [5, 5.41) is 20.7. The molecule has 0 aromatic rings. The molecule has 116 valence electrons. The zero-order valence-corrected chi connectivity index (χ0v) is 12.3. The van der Waals surface area contributed by atoms with Crippen LogP contribution in [0.15, 0.2) is 0 Å². The summed E-state index contributed by atoms with van der Waals surface area (Å²) in [6, 6.07) is 0.0471. The van der Waals surface area contributed by atoms with Gasteiger partial charge in [0.25, 0.3) is 0 Å². The number of nitrogens with one attached hydrogen (secondary N) is 1. The average Bonchev–Trinajstić information content (AvgIpc) is 3.15. The van der Waals surface area contributed by atoms with Crippen LogP contribution in [0.25, 0.3) is 0 Å². The fraction of sp³-hybridized carbons (Fsp3) is 0.857. The molecule has 0 bridgehead atoms. The number of carbonyl (C=O) groups is 2. The van der Waals surface area contributed by atoms with Gasteiger partial charge in [-0.15, -0.1) is 0 Å². The summed E-state index contributed by atoms with van der Waals surface area (Å²) in [5.41, 5.74) is 0. The van der Waals surface area contributed by atoms with Crippen LogP contribution in [0, 0.1) is 11.8 Å². The fourth-order valence-corrected chi connectivity index (χ4v) is 2.43. The molecule has 0 spiro atoms. The number of amides is 2. The van der Waals surface area contributed by atoms with E-state index in [9.17, 15) is 9.59 Å². The van der Waals surface area contributed by atoms with Crippen molar-refractivity contribution in [3.63, 3.8) is 0 Å². The Kier molecular flexibility index (Phi) is 6.78. The molecule has 6 heteroatoms. The minimum absolute atomic E-state index is 0.0472. The van der Waals surface area contributed by atoms with Gasteiger partial charge in [0.15, 0.2) is 0 Å². The summed E-state index contributed by atoms with van der Waals surface area (Å²) in [7, 11) is 0. The van der Waals surface area contributed by atoms with Crippen LogP contribution in [0.2, 0.25) is 0 Å². The van der Waals surface area contributed by atoms with Crippen molar-refractivity contribution in [3.05, 3.63) is 0 Å². The molecule has 3 N–H and O–H groups in total. The molecule has 1 aliphatic rings. The van der Waals surface area contributed by atoms with Gasteiger partial charge < -0.3 is 20.4 Å². The predicted molar refractivity (Wildman–Crippen MR) is 75.4 cm³/mol. The SMILES string of the molecule is CC(C)CC(CNC(=O)N(CCO)C1CC1)CC(=O)O. The molecule has 0 radical (unpaired) electrons. The second kappa shape index (κ2) is 8.09. The van der Waals surface area contributed by atoms with Gasteiger partial charge in [-0.2, -0.15) is 0 Å². The van der Waals surface area contributed by atoms with E-state index in [1.165, 1.54) is 0 Å². The maximum atomic E-state index is 12.0. The van der Waals surface area contributed by atoms with Gasteiger partial charge in [-0.05, 0) is 31.1 Å². The van der Waals surface area contributed by atoms with Gasteiger partial charge in [0.2, 0.25) is 0 Å². The summed E-state index contributed by atoms with van der Waals surface area (Å²) in [5.74, 6) is -0.487. The minimum Gasteiger partial charge on any atom is -0.481 e. The molecule has 0 aromatic heterocycles. The topological polar surface area (TPSA) is 89.9 Å². The molecule has 20 heavy (non-hydrogen) atoms. The zero-order valence-electron chi connectivity index (χ0n) is 12.3. The maximum absolute atomic E-state index is 12.0. The Morgan fingerprint density at radius 1 is 1.35 bits per heavy atom. The molecular formula is C14H26N2O4. The van der Waals surface area contributed by atoms with Crippen molar-refractivity contribution >= 4 is 12.0 Å². The fourth-order valence-electron chi connectivity index (χ4n) is 2.43. The standard InChI is InChI=1S/C14H26N2O4/c1-10(2)7-11(8-13(18)19)9-15-14(20)16(5-6-17)12-3-4-12/h10-12,17H,3-9H2,1-2H3,(H,15,20)(H,18,19). The van der Waals surface area contributed by atoms with Crippen LogP contribution in [-0.4, -0.2) is 52.9 Å². The first-order valence-electron chi connectivity index (χ1n) is 7.31. The van der Waals surface area contributed by atoms with E-state index in [2.05, 4.69) is 5.32 Å². The Balaban J connectivity index is 2.43. The van der Waals surface area contributed by atoms with Gasteiger partial charge in [0, 0.05) is 25.6 Å². The van der Waals surface area contributed by atoms with Crippen LogP contribution in [0.5, 0.6) is 0 Å². The smallest absolute Gasteiger partial charge is 0.317 e. The van der Waals surface area contributed by atoms with Gasteiger partial charge in [-0.25, -0.2) is 4.79 Å². The largest absolute Gasteiger partial charge is 0.481 e. The highest BCUT2D eigenvalue weighted by Crippen LogP contribution is 2.26. The predicted octanol–water partition coefficient (Wildman–Crippen LogP) is 1.29. The van der Waals surface area contributed by atoms with Crippen molar-refractivity contribution in [2.75, 3.05) is 19.7 Å². The number of carboxylic acid groups (broad SMARTS) is 1. The van der Waals surface area contributed by atoms with E-state index in [0.717, 1.165) is 19.3 Å². The molecule has 1 aliphatic carbocycles. The number of carboxylic acids is 1. The van der Waals surface area contributed by atoms with E-state index in [1.54, 1.807) is 4.90 Å². The number of aliphatic carboxylic acids is 1. The normalized spacial score (nSPS) is 16.0. The summed E-state index contributed by atoms with van der Waals surface area (Å²) >= 11 is 0. The number of nitrogens with zero attached hydrogens (tertiary/aromatic N) is 1. The van der Waals surface area contributed by atoms with E-state index in [4.69, 9.17) is 10.2 Å². The Labute approximate surface area is 120 Å². The molecule has 1 rings (SSSR count). The molecule has 1 saturated carbocycles. The molecule has 0 saturated heterocycles. The van der Waals surface area contributed by atoms with E-state index >= 15 is 0 Å². The highest BCUT2D eigenvalue weighted by atomic mass is 16.4. The highest BCUT2D eigenvalue weighted by Gasteiger charge is 2.32. The van der Waals surface area contributed by atoms with Gasteiger partial charge >= 0.3 is 12.0 Å². The molecule has 0 heterocycles. The Morgan fingerprint density at radius 3 is 2.45 bits per heavy atom. The molecule has 1 unspecified atom stereocenters. The van der Waals surface area contributed by atoms with E-state index < -0.39 is 5.97 Å². The van der Waals surface area contributed by atoms with Crippen molar-refractivity contribution < 1.29 is 19.8 Å². The summed E-state index contributed by atoms with van der Waals surface area (Å²) in [6.07, 6.45) is 2.81. The van der Waals surface area contributed by atoms with Crippen LogP contribution < -0.4 is 5.32 Å². The van der Waals surface area contributed by atoms with Crippen LogP contribution in [0.1, 0.15) is 39.5 Å². The summed E-state index contributed by atoms with van der Waals surface area (Å²) < 4.78 is 0. The molecule has 2 amide bonds. The average molecular weight is 286 g/mol. The second-order valence-corrected chi connectivity index (χ2v) is 5.93. The van der Waals surface area contributed by atoms with Gasteiger partial charge in [0.05, 0.1) is 6.61 Å². The lowest BCUT2D eigenvalue weighted by Gasteiger charge is -2.24. The van der Waals surface area contributed by atoms with Crippen molar-refractivity contribution in [1.29, 1.82) is 0 Å². The van der Waals surface area contributed by atoms with Gasteiger partial charge in [0.1, 0.15) is 0 Å². The molecular weight excluding hydrogens is 260 g/mol. The zero-order chi connectivity index (χ0) is 15.1. The number of aliphatic hydroxyl groups is 1. The molecule has 6 nitrogen and oxygen atoms in total. The van der Waals surface area contributed by atoms with Crippen molar-refractivity contribution in [2.45, 2.75) is 45.6 Å².